The van der Waals surface area contributed by atoms with Gasteiger partial charge in [0, 0.05) is 38.0 Å². The molecule has 13 nitrogen and oxygen atoms in total. The molecule has 322 valence electrons. The summed E-state index contributed by atoms with van der Waals surface area (Å²) < 4.78 is 45.2. The first-order valence-corrected chi connectivity index (χ1v) is 21.6. The van der Waals surface area contributed by atoms with Crippen molar-refractivity contribution in [1.82, 2.24) is 0 Å². The van der Waals surface area contributed by atoms with Gasteiger partial charge in [0.25, 0.3) is 0 Å². The number of carboxylic acid groups (broad SMARTS) is 1. The van der Waals surface area contributed by atoms with Crippen LogP contribution < -0.4 is 56.5 Å². The van der Waals surface area contributed by atoms with E-state index in [2.05, 4.69) is 20.4 Å². The summed E-state index contributed by atoms with van der Waals surface area (Å²) in [5, 5.41) is 56.0. The van der Waals surface area contributed by atoms with Crippen LogP contribution in [-0.4, -0.2) is 117 Å². The molecule has 0 saturated carbocycles. The maximum absolute atomic E-state index is 11.5. The van der Waals surface area contributed by atoms with Gasteiger partial charge < -0.3 is 63.5 Å². The SMILES string of the molecule is C=C1[C@@H](O)[C@@H]2O[C@]3(CC[C@H](/C=C/[C@H](C)[C@H]4CC(C)=C[C@]5(O[C@@H](CC(C)(O)C(=O)[O-])CC[C@@H]5O)O4)O3)CC[C@H]2O[C@@H]1[C@@H](O)C[C@@H](C)[C@H]1O[C@@]2(CCCCO2)CC[C@H]1C.[K+]. The Morgan fingerprint density at radius 2 is 1.76 bits per heavy atom. The zero-order valence-electron chi connectivity index (χ0n) is 35.5. The third kappa shape index (κ3) is 10.1. The summed E-state index contributed by atoms with van der Waals surface area (Å²) in [6.07, 6.45) is 9.10. The van der Waals surface area contributed by atoms with Gasteiger partial charge in [0.1, 0.15) is 30.0 Å². The minimum Gasteiger partial charge on any atom is -0.547 e. The summed E-state index contributed by atoms with van der Waals surface area (Å²) in [4.78, 5) is 11.5. The normalized spacial score (nSPS) is 44.6. The van der Waals surface area contributed by atoms with Crippen LogP contribution in [0.25, 0.3) is 0 Å². The zero-order valence-corrected chi connectivity index (χ0v) is 38.6. The van der Waals surface area contributed by atoms with E-state index in [-0.39, 0.29) is 88.0 Å². The van der Waals surface area contributed by atoms with Crippen molar-refractivity contribution in [2.75, 3.05) is 6.61 Å². The zero-order chi connectivity index (χ0) is 40.9. The number of hydrogen-bond donors (Lipinski definition) is 4. The summed E-state index contributed by atoms with van der Waals surface area (Å²) in [6, 6.07) is 0. The van der Waals surface area contributed by atoms with Gasteiger partial charge in [0.15, 0.2) is 11.6 Å². The van der Waals surface area contributed by atoms with Crippen molar-refractivity contribution in [1.29, 1.82) is 0 Å². The maximum atomic E-state index is 11.5. The number of ether oxygens (including phenoxy) is 7. The van der Waals surface area contributed by atoms with Gasteiger partial charge in [0.05, 0.1) is 49.2 Å². The summed E-state index contributed by atoms with van der Waals surface area (Å²) in [5.41, 5.74) is -0.677. The van der Waals surface area contributed by atoms with Crippen LogP contribution in [0.1, 0.15) is 125 Å². The smallest absolute Gasteiger partial charge is 0.547 e. The molecule has 0 bridgehead atoms. The van der Waals surface area contributed by atoms with Gasteiger partial charge in [0.2, 0.25) is 5.79 Å². The van der Waals surface area contributed by atoms with E-state index in [9.17, 15) is 30.3 Å². The van der Waals surface area contributed by atoms with E-state index in [1.807, 2.05) is 26.0 Å². The van der Waals surface area contributed by atoms with Gasteiger partial charge in [-0.15, -0.1) is 0 Å². The van der Waals surface area contributed by atoms with Crippen molar-refractivity contribution in [3.8, 4) is 0 Å². The topological polar surface area (TPSA) is 186 Å². The Hall–Kier alpha value is -0.114. The van der Waals surface area contributed by atoms with E-state index in [0.29, 0.717) is 56.4 Å². The Morgan fingerprint density at radius 1 is 1.02 bits per heavy atom. The number of carbonyl (C=O) groups is 1. The standard InChI is InChI=1S/C44H68O13.K/c1-25-21-34(55-44(23-25)35(46)12-11-31(54-44)24-41(6,50)40(48)49)26(2)9-10-30-14-18-43(53-30)19-15-33-39(57-43)36(47)29(5)38(52-33)32(45)22-28(4)37-27(3)13-17-42(56-37)16-7-8-20-51-42;/h9-10,23,26-28,30-39,45-47,50H,5,7-8,11-22,24H2,1-4,6H3,(H,48,49);/q;+1/p-1/b10-9+;/t26-,27+,28+,30-,31+,32-,33+,34+,35-,36+,37-,38-,39+,41?,42-,43+,44-;/m0./s1. The summed E-state index contributed by atoms with van der Waals surface area (Å²) in [6.45, 7) is 14.4. The molecular formula is C44H67KO13. The molecule has 6 fully saturated rings. The Kier molecular flexibility index (Phi) is 15.5. The van der Waals surface area contributed by atoms with E-state index in [1.165, 1.54) is 6.92 Å². The fourth-order valence-corrected chi connectivity index (χ4v) is 10.5. The number of fused-ring (bicyclic) bond motifs is 1. The second kappa shape index (κ2) is 18.9. The largest absolute Gasteiger partial charge is 1.00 e. The number of aliphatic carboxylic acids is 1. The predicted octanol–water partition coefficient (Wildman–Crippen LogP) is 0.883. The van der Waals surface area contributed by atoms with Crippen molar-refractivity contribution in [3.63, 3.8) is 0 Å². The molecule has 6 saturated heterocycles. The van der Waals surface area contributed by atoms with Gasteiger partial charge in [-0.05, 0) is 95.1 Å². The van der Waals surface area contributed by atoms with Gasteiger partial charge in [-0.2, -0.15) is 0 Å². The molecule has 0 aromatic carbocycles. The first-order chi connectivity index (χ1) is 26.9. The number of aliphatic hydroxyl groups excluding tert-OH is 3. The molecule has 7 aliphatic rings. The number of carboxylic acids is 1. The first-order valence-electron chi connectivity index (χ1n) is 21.6. The quantitative estimate of drug-likeness (QED) is 0.180. The van der Waals surface area contributed by atoms with Crippen molar-refractivity contribution < 1.29 is 115 Å². The van der Waals surface area contributed by atoms with Gasteiger partial charge >= 0.3 is 51.4 Å². The van der Waals surface area contributed by atoms with Crippen LogP contribution in [0.2, 0.25) is 0 Å². The number of rotatable bonds is 10. The van der Waals surface area contributed by atoms with Gasteiger partial charge in [-0.25, -0.2) is 0 Å². The van der Waals surface area contributed by atoms with Crippen LogP contribution in [0.3, 0.4) is 0 Å². The Morgan fingerprint density at radius 3 is 2.48 bits per heavy atom. The third-order valence-corrected chi connectivity index (χ3v) is 14.0. The van der Waals surface area contributed by atoms with E-state index in [1.54, 1.807) is 6.08 Å². The maximum Gasteiger partial charge on any atom is 1.00 e. The number of carbonyl (C=O) groups excluding carboxylic acids is 1. The molecule has 0 radical (unpaired) electrons. The van der Waals surface area contributed by atoms with E-state index in [0.717, 1.165) is 50.7 Å². The Balaban J connectivity index is 0.00000567. The molecule has 17 atom stereocenters. The predicted molar refractivity (Wildman–Crippen MR) is 205 cm³/mol. The molecule has 1 unspecified atom stereocenters. The van der Waals surface area contributed by atoms with Crippen molar-refractivity contribution in [2.45, 2.75) is 209 Å². The third-order valence-electron chi connectivity index (χ3n) is 14.0. The van der Waals surface area contributed by atoms with Gasteiger partial charge in [-0.3, -0.25) is 0 Å². The fourth-order valence-electron chi connectivity index (χ4n) is 10.5. The minimum absolute atomic E-state index is 0. The average molecular weight is 843 g/mol. The molecule has 0 aromatic rings. The molecule has 7 aliphatic heterocycles. The first kappa shape index (κ1) is 47.4. The van der Waals surface area contributed by atoms with Crippen LogP contribution in [-0.2, 0) is 38.0 Å². The number of aliphatic hydroxyl groups is 4. The summed E-state index contributed by atoms with van der Waals surface area (Å²) in [7, 11) is 0. The summed E-state index contributed by atoms with van der Waals surface area (Å²) >= 11 is 0. The molecule has 0 aromatic heterocycles. The van der Waals surface area contributed by atoms with E-state index in [4.69, 9.17) is 33.2 Å². The van der Waals surface area contributed by atoms with E-state index < -0.39 is 71.7 Å². The molecule has 4 N–H and O–H groups in total. The molecule has 14 heteroatoms. The van der Waals surface area contributed by atoms with Crippen molar-refractivity contribution in [2.24, 2.45) is 17.8 Å². The van der Waals surface area contributed by atoms with Crippen LogP contribution in [0.15, 0.2) is 36.0 Å². The summed E-state index contributed by atoms with van der Waals surface area (Å²) in [5.74, 6) is -4.11. The minimum atomic E-state index is -2.07. The van der Waals surface area contributed by atoms with Crippen LogP contribution in [0.4, 0.5) is 0 Å². The van der Waals surface area contributed by atoms with Crippen LogP contribution >= 0.6 is 0 Å². The van der Waals surface area contributed by atoms with Crippen molar-refractivity contribution in [3.05, 3.63) is 36.0 Å². The molecule has 3 spiro atoms. The second-order valence-corrected chi connectivity index (χ2v) is 18.9. The second-order valence-electron chi connectivity index (χ2n) is 18.9. The molecule has 7 rings (SSSR count). The molecule has 0 amide bonds. The molecule has 0 aliphatic carbocycles. The fraction of sp³-hybridized carbons (Fsp3) is 0.841. The Labute approximate surface area is 386 Å². The molecular weight excluding hydrogens is 776 g/mol. The van der Waals surface area contributed by atoms with Crippen LogP contribution in [0, 0.1) is 17.8 Å². The number of hydrogen-bond acceptors (Lipinski definition) is 13. The van der Waals surface area contributed by atoms with Gasteiger partial charge in [-0.1, -0.05) is 45.1 Å². The van der Waals surface area contributed by atoms with Crippen molar-refractivity contribution >= 4 is 5.97 Å². The van der Waals surface area contributed by atoms with E-state index >= 15 is 0 Å². The monoisotopic (exact) mass is 842 g/mol. The molecule has 7 heterocycles. The molecule has 58 heavy (non-hydrogen) atoms. The van der Waals surface area contributed by atoms with Crippen LogP contribution in [0.5, 0.6) is 0 Å². The Bertz CT molecular complexity index is 1510. The average Bonchev–Trinajstić information content (AvgIpc) is 3.56.